The van der Waals surface area contributed by atoms with Gasteiger partial charge in [0.15, 0.2) is 0 Å². The molecule has 0 radical (unpaired) electrons. The summed E-state index contributed by atoms with van der Waals surface area (Å²) in [4.78, 5) is 14.0. The highest BCUT2D eigenvalue weighted by Crippen LogP contribution is 2.25. The van der Waals surface area contributed by atoms with E-state index in [0.717, 1.165) is 17.7 Å². The monoisotopic (exact) mass is 370 g/mol. The molecule has 2 aromatic rings. The van der Waals surface area contributed by atoms with Crippen LogP contribution in [-0.2, 0) is 0 Å². The van der Waals surface area contributed by atoms with E-state index in [1.807, 2.05) is 54.3 Å². The molecular formula is C22H30N2O3. The number of hydrogen-bond donors (Lipinski definition) is 2. The van der Waals surface area contributed by atoms with E-state index in [-0.39, 0.29) is 24.7 Å². The van der Waals surface area contributed by atoms with Gasteiger partial charge in [0.25, 0.3) is 0 Å². The quantitative estimate of drug-likeness (QED) is 0.839. The summed E-state index contributed by atoms with van der Waals surface area (Å²) in [5.41, 5.74) is 2.41. The molecule has 1 heterocycles. The maximum absolute atomic E-state index is 12.1. The Bertz CT molecular complexity index is 688. The zero-order chi connectivity index (χ0) is 19.6. The molecule has 5 nitrogen and oxygen atoms in total. The summed E-state index contributed by atoms with van der Waals surface area (Å²) in [6.45, 7) is 4.93. The van der Waals surface area contributed by atoms with Gasteiger partial charge < -0.3 is 20.1 Å². The van der Waals surface area contributed by atoms with Crippen LogP contribution in [0.5, 0.6) is 5.75 Å². The first kappa shape index (κ1) is 20.8. The van der Waals surface area contributed by atoms with Crippen LogP contribution in [0.15, 0.2) is 54.6 Å². The van der Waals surface area contributed by atoms with Crippen LogP contribution in [0.1, 0.15) is 36.9 Å². The van der Waals surface area contributed by atoms with E-state index in [1.54, 1.807) is 7.11 Å². The highest BCUT2D eigenvalue weighted by Gasteiger charge is 2.28. The largest absolute Gasteiger partial charge is 0.497 e. The van der Waals surface area contributed by atoms with Crippen LogP contribution in [0.2, 0.25) is 0 Å². The van der Waals surface area contributed by atoms with Crippen molar-refractivity contribution in [1.29, 1.82) is 0 Å². The number of aliphatic hydroxyl groups excluding tert-OH is 1. The third kappa shape index (κ3) is 6.29. The Hall–Kier alpha value is -2.53. The lowest BCUT2D eigenvalue weighted by molar-refractivity contribution is 0.146. The molecule has 1 aliphatic heterocycles. The molecule has 2 N–H and O–H groups in total. The molecule has 0 aromatic heterocycles. The molecular weight excluding hydrogens is 340 g/mol. The highest BCUT2D eigenvalue weighted by molar-refractivity contribution is 5.75. The fourth-order valence-corrected chi connectivity index (χ4v) is 3.06. The highest BCUT2D eigenvalue weighted by atomic mass is 16.5. The van der Waals surface area contributed by atoms with Crippen LogP contribution >= 0.6 is 0 Å². The van der Waals surface area contributed by atoms with Crippen molar-refractivity contribution < 1.29 is 14.6 Å². The number of methoxy groups -OCH3 is 1. The Balaban J connectivity index is 0.000000313. The van der Waals surface area contributed by atoms with E-state index >= 15 is 0 Å². The summed E-state index contributed by atoms with van der Waals surface area (Å²) >= 11 is 0. The van der Waals surface area contributed by atoms with Gasteiger partial charge in [0.1, 0.15) is 5.75 Å². The first-order valence-electron chi connectivity index (χ1n) is 9.38. The van der Waals surface area contributed by atoms with E-state index in [9.17, 15) is 4.79 Å². The van der Waals surface area contributed by atoms with Crippen molar-refractivity contribution in [3.8, 4) is 5.75 Å². The lowest BCUT2D eigenvalue weighted by atomic mass is 10.0. The summed E-state index contributed by atoms with van der Waals surface area (Å²) in [6.07, 6.45) is 1.49. The van der Waals surface area contributed by atoms with E-state index in [4.69, 9.17) is 9.84 Å². The van der Waals surface area contributed by atoms with Gasteiger partial charge in [-0.2, -0.15) is 0 Å². The molecule has 5 heteroatoms. The molecule has 2 amide bonds. The minimum absolute atomic E-state index is 0.0241. The van der Waals surface area contributed by atoms with Crippen molar-refractivity contribution in [3.63, 3.8) is 0 Å². The van der Waals surface area contributed by atoms with E-state index < -0.39 is 0 Å². The minimum Gasteiger partial charge on any atom is -0.497 e. The zero-order valence-electron chi connectivity index (χ0n) is 16.4. The Morgan fingerprint density at radius 3 is 2.33 bits per heavy atom. The number of nitrogens with one attached hydrogen (secondary N) is 1. The lowest BCUT2D eigenvalue weighted by Gasteiger charge is -2.36. The average Bonchev–Trinajstić information content (AvgIpc) is 2.69. The van der Waals surface area contributed by atoms with Crippen molar-refractivity contribution >= 4 is 6.03 Å². The average molecular weight is 370 g/mol. The number of rotatable bonds is 5. The van der Waals surface area contributed by atoms with Crippen molar-refractivity contribution in [2.75, 3.05) is 20.3 Å². The summed E-state index contributed by atoms with van der Waals surface area (Å²) in [7, 11) is 1.64. The molecule has 2 aromatic carbocycles. The molecule has 0 saturated carbocycles. The predicted octanol–water partition coefficient (Wildman–Crippen LogP) is 3.92. The summed E-state index contributed by atoms with van der Waals surface area (Å²) < 4.78 is 5.14. The molecule has 2 unspecified atom stereocenters. The second-order valence-corrected chi connectivity index (χ2v) is 6.74. The molecule has 27 heavy (non-hydrogen) atoms. The van der Waals surface area contributed by atoms with Crippen molar-refractivity contribution in [1.82, 2.24) is 10.2 Å². The van der Waals surface area contributed by atoms with Crippen molar-refractivity contribution in [2.45, 2.75) is 38.8 Å². The molecule has 0 bridgehead atoms. The molecule has 146 valence electrons. The maximum atomic E-state index is 12.1. The van der Waals surface area contributed by atoms with Gasteiger partial charge in [-0.15, -0.1) is 0 Å². The van der Waals surface area contributed by atoms with E-state index in [1.165, 1.54) is 5.56 Å². The molecule has 3 rings (SSSR count). The number of aliphatic hydroxyl groups is 1. The minimum atomic E-state index is -0.0574. The van der Waals surface area contributed by atoms with Gasteiger partial charge >= 0.3 is 6.03 Å². The van der Waals surface area contributed by atoms with Crippen LogP contribution < -0.4 is 10.1 Å². The number of benzene rings is 2. The number of ether oxygens (including phenoxy) is 1. The second kappa shape index (κ2) is 10.6. The number of carbonyl (C=O) groups is 1. The molecule has 1 saturated heterocycles. The van der Waals surface area contributed by atoms with Gasteiger partial charge in [-0.1, -0.05) is 48.0 Å². The number of amides is 2. The van der Waals surface area contributed by atoms with Gasteiger partial charge in [0, 0.05) is 19.2 Å². The van der Waals surface area contributed by atoms with Gasteiger partial charge in [-0.05, 0) is 44.4 Å². The molecule has 2 atom stereocenters. The van der Waals surface area contributed by atoms with Crippen molar-refractivity contribution in [2.24, 2.45) is 0 Å². The van der Waals surface area contributed by atoms with Gasteiger partial charge in [-0.3, -0.25) is 0 Å². The van der Waals surface area contributed by atoms with Crippen LogP contribution in [0.4, 0.5) is 4.79 Å². The van der Waals surface area contributed by atoms with Crippen LogP contribution in [0, 0.1) is 6.92 Å². The first-order valence-corrected chi connectivity index (χ1v) is 9.38. The Morgan fingerprint density at radius 2 is 1.85 bits per heavy atom. The third-order valence-corrected chi connectivity index (χ3v) is 4.79. The standard InChI is InChI=1S/C15H22N2O3.C7H8/c1-11(12-3-5-14(20-2)6-4-12)17-9-7-13(8-10-18)16-15(17)19;1-7-5-3-2-4-6-7/h3-6,11,13,18H,7-10H2,1-2H3,(H,16,19);2-6H,1H3. The van der Waals surface area contributed by atoms with Gasteiger partial charge in [-0.25, -0.2) is 4.79 Å². The Kier molecular flexibility index (Phi) is 8.14. The topological polar surface area (TPSA) is 61.8 Å². The summed E-state index contributed by atoms with van der Waals surface area (Å²) in [5.74, 6) is 0.812. The first-order chi connectivity index (χ1) is 13.0. The van der Waals surface area contributed by atoms with Crippen molar-refractivity contribution in [3.05, 3.63) is 65.7 Å². The zero-order valence-corrected chi connectivity index (χ0v) is 16.4. The fraction of sp³-hybridized carbons (Fsp3) is 0.409. The Labute approximate surface area is 162 Å². The van der Waals surface area contributed by atoms with E-state index in [0.29, 0.717) is 13.0 Å². The normalized spacial score (nSPS) is 17.4. The fourth-order valence-electron chi connectivity index (χ4n) is 3.06. The number of hydrogen-bond acceptors (Lipinski definition) is 3. The van der Waals surface area contributed by atoms with Gasteiger partial charge in [0.2, 0.25) is 0 Å². The Morgan fingerprint density at radius 1 is 1.19 bits per heavy atom. The van der Waals surface area contributed by atoms with Crippen LogP contribution in [-0.4, -0.2) is 42.3 Å². The molecule has 1 aliphatic rings. The number of carbonyl (C=O) groups excluding carboxylic acids is 1. The second-order valence-electron chi connectivity index (χ2n) is 6.74. The number of urea groups is 1. The maximum Gasteiger partial charge on any atom is 0.318 e. The summed E-state index contributed by atoms with van der Waals surface area (Å²) in [5, 5.41) is 11.9. The molecule has 0 spiro atoms. The lowest BCUT2D eigenvalue weighted by Crippen LogP contribution is -2.52. The smallest absolute Gasteiger partial charge is 0.318 e. The van der Waals surface area contributed by atoms with Gasteiger partial charge in [0.05, 0.1) is 13.2 Å². The molecule has 0 aliphatic carbocycles. The SMILES string of the molecule is COc1ccc(C(C)N2CCC(CCO)NC2=O)cc1.Cc1ccccc1. The molecule has 1 fully saturated rings. The number of nitrogens with zero attached hydrogens (tertiary/aromatic N) is 1. The van der Waals surface area contributed by atoms with Crippen LogP contribution in [0.3, 0.4) is 0 Å². The third-order valence-electron chi connectivity index (χ3n) is 4.79. The summed E-state index contributed by atoms with van der Waals surface area (Å²) in [6, 6.07) is 18.1. The number of aryl methyl sites for hydroxylation is 1. The van der Waals surface area contributed by atoms with E-state index in [2.05, 4.69) is 24.4 Å². The predicted molar refractivity (Wildman–Crippen MR) is 108 cm³/mol. The van der Waals surface area contributed by atoms with Crippen LogP contribution in [0.25, 0.3) is 0 Å².